The summed E-state index contributed by atoms with van der Waals surface area (Å²) in [7, 11) is 0. The zero-order valence-electron chi connectivity index (χ0n) is 3.89. The van der Waals surface area contributed by atoms with Gasteiger partial charge in [-0.2, -0.15) is 0 Å². The average molecular weight is 91.1 g/mol. The van der Waals surface area contributed by atoms with Crippen LogP contribution in [0.15, 0.2) is 28.9 Å². The van der Waals surface area contributed by atoms with Crippen molar-refractivity contribution in [1.82, 2.24) is 0 Å². The maximum atomic E-state index is 4.05. The van der Waals surface area contributed by atoms with Crippen molar-refractivity contribution in [2.24, 2.45) is 4.99 Å². The third-order valence-electron chi connectivity index (χ3n) is 1.21. The first-order chi connectivity index (χ1) is 3.47. The molecule has 34 valence electrons. The van der Waals surface area contributed by atoms with Gasteiger partial charge in [0.25, 0.3) is 0 Å². The normalized spacial score (nSPS) is 22.9. The Morgan fingerprint density at radius 3 is 3.14 bits per heavy atom. The van der Waals surface area contributed by atoms with Crippen molar-refractivity contribution in [2.45, 2.75) is 6.42 Å². The molecule has 7 heavy (non-hydrogen) atoms. The molecule has 0 unspecified atom stereocenters. The standard InChI is InChI=1S/C6H5N/c1-2-5-4-6(5)7-3-1/h1,3-4H,2H2. The van der Waals surface area contributed by atoms with E-state index in [1.807, 2.05) is 6.20 Å². The summed E-state index contributed by atoms with van der Waals surface area (Å²) in [6, 6.07) is 0. The number of rotatable bonds is 0. The minimum atomic E-state index is 1.11. The second kappa shape index (κ2) is 0.861. The van der Waals surface area contributed by atoms with Gasteiger partial charge in [0.2, 0.25) is 0 Å². The molecule has 0 saturated heterocycles. The van der Waals surface area contributed by atoms with Crippen LogP contribution in [0.1, 0.15) is 6.42 Å². The van der Waals surface area contributed by atoms with E-state index in [1.165, 1.54) is 11.3 Å². The minimum Gasteiger partial charge on any atom is -0.257 e. The van der Waals surface area contributed by atoms with Crippen LogP contribution in [0.2, 0.25) is 0 Å². The van der Waals surface area contributed by atoms with E-state index in [1.54, 1.807) is 0 Å². The molecule has 0 saturated carbocycles. The Balaban J connectivity index is 2.40. The van der Waals surface area contributed by atoms with Gasteiger partial charge >= 0.3 is 0 Å². The van der Waals surface area contributed by atoms with Gasteiger partial charge in [0, 0.05) is 6.20 Å². The van der Waals surface area contributed by atoms with Gasteiger partial charge in [-0.05, 0) is 18.1 Å². The second-order valence-corrected chi connectivity index (χ2v) is 1.77. The first kappa shape index (κ1) is 3.19. The fraction of sp³-hybridized carbons (Fsp3) is 0.167. The van der Waals surface area contributed by atoms with Crippen LogP contribution >= 0.6 is 0 Å². The van der Waals surface area contributed by atoms with Crippen LogP contribution in [0.25, 0.3) is 0 Å². The van der Waals surface area contributed by atoms with E-state index in [4.69, 9.17) is 0 Å². The summed E-state index contributed by atoms with van der Waals surface area (Å²) < 4.78 is 0. The molecule has 1 aliphatic carbocycles. The van der Waals surface area contributed by atoms with Gasteiger partial charge in [0.15, 0.2) is 0 Å². The Morgan fingerprint density at radius 1 is 1.57 bits per heavy atom. The molecule has 1 heterocycles. The highest BCUT2D eigenvalue weighted by Gasteiger charge is 2.17. The topological polar surface area (TPSA) is 12.4 Å². The van der Waals surface area contributed by atoms with E-state index in [-0.39, 0.29) is 0 Å². The first-order valence-corrected chi connectivity index (χ1v) is 2.40. The molecule has 0 aromatic heterocycles. The van der Waals surface area contributed by atoms with Crippen LogP contribution in [-0.2, 0) is 0 Å². The third kappa shape index (κ3) is 0.346. The molecule has 2 aliphatic rings. The lowest BCUT2D eigenvalue weighted by Crippen LogP contribution is -1.77. The molecule has 0 fully saturated rings. The molecule has 0 aromatic rings. The highest BCUT2D eigenvalue weighted by Crippen LogP contribution is 2.23. The van der Waals surface area contributed by atoms with Gasteiger partial charge < -0.3 is 0 Å². The largest absolute Gasteiger partial charge is 0.257 e. The first-order valence-electron chi connectivity index (χ1n) is 2.40. The maximum Gasteiger partial charge on any atom is 0.0669 e. The molecule has 2 rings (SSSR count). The summed E-state index contributed by atoms with van der Waals surface area (Å²) in [5.74, 6) is 0. The van der Waals surface area contributed by atoms with Gasteiger partial charge in [-0.3, -0.25) is 4.99 Å². The van der Waals surface area contributed by atoms with Crippen molar-refractivity contribution in [2.75, 3.05) is 0 Å². The highest BCUT2D eigenvalue weighted by molar-refractivity contribution is 6.24. The maximum absolute atomic E-state index is 4.05. The molecule has 0 aromatic carbocycles. The molecule has 0 amide bonds. The molecule has 1 aliphatic heterocycles. The lowest BCUT2D eigenvalue weighted by Gasteiger charge is -1.86. The Hall–Kier alpha value is -0.850. The predicted octanol–water partition coefficient (Wildman–Crippen LogP) is 1.28. The molecular formula is C6H5N. The Labute approximate surface area is 42.1 Å². The predicted molar refractivity (Wildman–Crippen MR) is 29.3 cm³/mol. The van der Waals surface area contributed by atoms with Gasteiger partial charge in [0.05, 0.1) is 5.71 Å². The smallest absolute Gasteiger partial charge is 0.0669 e. The number of aliphatic imine (C=N–C) groups is 1. The second-order valence-electron chi connectivity index (χ2n) is 1.77. The van der Waals surface area contributed by atoms with E-state index < -0.39 is 0 Å². The van der Waals surface area contributed by atoms with Crippen molar-refractivity contribution >= 4 is 5.71 Å². The number of fused-ring (bicyclic) bond motifs is 1. The quantitative estimate of drug-likeness (QED) is 0.426. The Bertz CT molecular complexity index is 184. The molecule has 0 atom stereocenters. The molecular weight excluding hydrogens is 86.1 g/mol. The molecule has 0 N–H and O–H groups in total. The molecule has 0 spiro atoms. The SMILES string of the molecule is C1=CN=C2C=C2C1. The van der Waals surface area contributed by atoms with E-state index in [9.17, 15) is 0 Å². The summed E-state index contributed by atoms with van der Waals surface area (Å²) in [5, 5.41) is 0. The van der Waals surface area contributed by atoms with Crippen LogP contribution in [0, 0.1) is 0 Å². The fourth-order valence-corrected chi connectivity index (χ4v) is 0.725. The summed E-state index contributed by atoms with van der Waals surface area (Å²) in [5.41, 5.74) is 2.63. The fourth-order valence-electron chi connectivity index (χ4n) is 0.725. The lowest BCUT2D eigenvalue weighted by molar-refractivity contribution is 1.31. The number of hydrogen-bond acceptors (Lipinski definition) is 1. The van der Waals surface area contributed by atoms with Crippen LogP contribution < -0.4 is 0 Å². The van der Waals surface area contributed by atoms with E-state index >= 15 is 0 Å². The molecule has 1 heteroatoms. The van der Waals surface area contributed by atoms with Crippen molar-refractivity contribution in [3.63, 3.8) is 0 Å². The molecule has 0 bridgehead atoms. The van der Waals surface area contributed by atoms with Gasteiger partial charge in [-0.1, -0.05) is 6.08 Å². The van der Waals surface area contributed by atoms with Crippen LogP contribution in [-0.4, -0.2) is 5.71 Å². The van der Waals surface area contributed by atoms with Gasteiger partial charge in [-0.15, -0.1) is 0 Å². The van der Waals surface area contributed by atoms with Crippen LogP contribution in [0.5, 0.6) is 0 Å². The molecule has 0 radical (unpaired) electrons. The van der Waals surface area contributed by atoms with Gasteiger partial charge in [0.1, 0.15) is 0 Å². The lowest BCUT2D eigenvalue weighted by atomic mass is 10.3. The van der Waals surface area contributed by atoms with Crippen molar-refractivity contribution in [3.05, 3.63) is 23.9 Å². The number of hydrogen-bond donors (Lipinski definition) is 0. The van der Waals surface area contributed by atoms with Crippen molar-refractivity contribution < 1.29 is 0 Å². The highest BCUT2D eigenvalue weighted by atomic mass is 14.7. The minimum absolute atomic E-state index is 1.11. The average Bonchev–Trinajstić information content (AvgIpc) is 2.41. The summed E-state index contributed by atoms with van der Waals surface area (Å²) in [6.07, 6.45) is 7.16. The van der Waals surface area contributed by atoms with Crippen molar-refractivity contribution in [1.29, 1.82) is 0 Å². The van der Waals surface area contributed by atoms with Gasteiger partial charge in [-0.25, -0.2) is 0 Å². The Morgan fingerprint density at radius 2 is 2.57 bits per heavy atom. The van der Waals surface area contributed by atoms with E-state index in [2.05, 4.69) is 17.1 Å². The molecule has 1 nitrogen and oxygen atoms in total. The number of nitrogens with zero attached hydrogens (tertiary/aromatic N) is 1. The summed E-state index contributed by atoms with van der Waals surface area (Å²) in [6.45, 7) is 0. The van der Waals surface area contributed by atoms with E-state index in [0.717, 1.165) is 6.42 Å². The monoisotopic (exact) mass is 91.0 g/mol. The zero-order chi connectivity index (χ0) is 4.69. The van der Waals surface area contributed by atoms with Crippen LogP contribution in [0.4, 0.5) is 0 Å². The summed E-state index contributed by atoms with van der Waals surface area (Å²) >= 11 is 0. The van der Waals surface area contributed by atoms with Crippen molar-refractivity contribution in [3.8, 4) is 0 Å². The number of allylic oxidation sites excluding steroid dienone is 3. The zero-order valence-corrected chi connectivity index (χ0v) is 3.89. The van der Waals surface area contributed by atoms with E-state index in [0.29, 0.717) is 0 Å². The Kier molecular flexibility index (Phi) is 0.392. The summed E-state index contributed by atoms with van der Waals surface area (Å²) in [4.78, 5) is 4.05. The van der Waals surface area contributed by atoms with Crippen LogP contribution in [0.3, 0.4) is 0 Å². The third-order valence-corrected chi connectivity index (χ3v) is 1.21.